The number of hydrogen-bond donors (Lipinski definition) is 1. The number of anilines is 2. The summed E-state index contributed by atoms with van der Waals surface area (Å²) in [5.41, 5.74) is 0.495. The van der Waals surface area contributed by atoms with Crippen molar-refractivity contribution >= 4 is 29.9 Å². The van der Waals surface area contributed by atoms with Crippen LogP contribution in [0.3, 0.4) is 0 Å². The van der Waals surface area contributed by atoms with Crippen LogP contribution in [0.25, 0.3) is 11.3 Å². The normalized spacial score (nSPS) is 15.7. The summed E-state index contributed by atoms with van der Waals surface area (Å²) in [6.07, 6.45) is -0.157. The highest BCUT2D eigenvalue weighted by atomic mass is 19.4. The number of carbonyl (C=O) groups excluding carboxylic acids is 3. The van der Waals surface area contributed by atoms with Gasteiger partial charge in [0.05, 0.1) is 18.1 Å². The van der Waals surface area contributed by atoms with Crippen molar-refractivity contribution in [2.75, 3.05) is 37.5 Å². The van der Waals surface area contributed by atoms with Crippen LogP contribution >= 0.6 is 0 Å². The second-order valence-electron chi connectivity index (χ2n) is 8.87. The third kappa shape index (κ3) is 6.03. The average Bonchev–Trinajstić information content (AvgIpc) is 3.34. The van der Waals surface area contributed by atoms with Gasteiger partial charge in [0, 0.05) is 45.2 Å². The first-order valence-electron chi connectivity index (χ1n) is 11.8. The summed E-state index contributed by atoms with van der Waals surface area (Å²) in [5, 5.41) is 2.64. The number of nitrogens with zero attached hydrogens (tertiary/aromatic N) is 7. The fourth-order valence-electron chi connectivity index (χ4n) is 3.79. The smallest absolute Gasteiger partial charge is 0.376 e. The molecule has 0 saturated carbocycles. The van der Waals surface area contributed by atoms with Gasteiger partial charge in [-0.2, -0.15) is 13.2 Å². The van der Waals surface area contributed by atoms with Crippen molar-refractivity contribution in [2.45, 2.75) is 31.7 Å². The molecule has 4 rings (SSSR count). The minimum atomic E-state index is -4.67. The van der Waals surface area contributed by atoms with Crippen molar-refractivity contribution in [1.82, 2.24) is 29.4 Å². The fraction of sp³-hybridized carbons (Fsp3) is 0.375. The maximum absolute atomic E-state index is 13.4. The number of aromatic nitrogens is 5. The molecule has 2 unspecified atom stereocenters. The van der Waals surface area contributed by atoms with Crippen LogP contribution in [0.4, 0.5) is 24.8 Å². The number of alkyl halides is 3. The van der Waals surface area contributed by atoms with Gasteiger partial charge in [-0.3, -0.25) is 14.4 Å². The van der Waals surface area contributed by atoms with Gasteiger partial charge >= 0.3 is 6.18 Å². The molecule has 0 radical (unpaired) electrons. The van der Waals surface area contributed by atoms with Gasteiger partial charge in [-0.15, -0.1) is 0 Å². The van der Waals surface area contributed by atoms with Crippen LogP contribution < -0.4 is 10.2 Å². The Bertz CT molecular complexity index is 1360. The van der Waals surface area contributed by atoms with Gasteiger partial charge < -0.3 is 24.4 Å². The van der Waals surface area contributed by atoms with Crippen LogP contribution in [0.5, 0.6) is 0 Å². The Hall–Kier alpha value is -4.40. The molecule has 3 aromatic rings. The minimum Gasteiger partial charge on any atom is -0.376 e. The Labute approximate surface area is 220 Å². The zero-order valence-corrected chi connectivity index (χ0v) is 21.2. The minimum absolute atomic E-state index is 0.0395. The van der Waals surface area contributed by atoms with E-state index in [0.29, 0.717) is 19.6 Å². The monoisotopic (exact) mass is 546 g/mol. The highest BCUT2D eigenvalue weighted by molar-refractivity contribution is 6.00. The van der Waals surface area contributed by atoms with Crippen molar-refractivity contribution in [3.8, 4) is 11.3 Å². The molecule has 206 valence electrons. The van der Waals surface area contributed by atoms with E-state index < -0.39 is 29.9 Å². The van der Waals surface area contributed by atoms with E-state index in [1.165, 1.54) is 35.0 Å². The maximum Gasteiger partial charge on any atom is 0.451 e. The lowest BCUT2D eigenvalue weighted by Crippen LogP contribution is -2.42. The second-order valence-corrected chi connectivity index (χ2v) is 8.87. The van der Waals surface area contributed by atoms with E-state index in [1.54, 1.807) is 20.0 Å². The van der Waals surface area contributed by atoms with Crippen LogP contribution in [0, 0.1) is 0 Å². The second kappa shape index (κ2) is 11.1. The maximum atomic E-state index is 13.4. The Morgan fingerprint density at radius 3 is 2.51 bits per heavy atom. The van der Waals surface area contributed by atoms with Crippen molar-refractivity contribution in [3.63, 3.8) is 0 Å². The molecule has 0 aliphatic carbocycles. The molecule has 0 bridgehead atoms. The molecule has 4 heterocycles. The molecular weight excluding hydrogens is 521 g/mol. The number of amides is 3. The van der Waals surface area contributed by atoms with Crippen molar-refractivity contribution in [1.29, 1.82) is 0 Å². The third-order valence-electron chi connectivity index (χ3n) is 6.08. The predicted molar refractivity (Wildman–Crippen MR) is 132 cm³/mol. The van der Waals surface area contributed by atoms with E-state index in [4.69, 9.17) is 4.74 Å². The first kappa shape index (κ1) is 27.6. The summed E-state index contributed by atoms with van der Waals surface area (Å²) >= 11 is 0. The van der Waals surface area contributed by atoms with Crippen LogP contribution in [0.2, 0.25) is 0 Å². The molecule has 1 aliphatic rings. The molecule has 2 atom stereocenters. The Morgan fingerprint density at radius 1 is 1.23 bits per heavy atom. The van der Waals surface area contributed by atoms with Gasteiger partial charge in [-0.05, 0) is 25.5 Å². The number of nitrogens with one attached hydrogen (secondary N) is 1. The zero-order valence-electron chi connectivity index (χ0n) is 21.2. The number of imidazole rings is 1. The Morgan fingerprint density at radius 2 is 1.92 bits per heavy atom. The van der Waals surface area contributed by atoms with Crippen LogP contribution in [-0.2, 0) is 20.5 Å². The highest BCUT2D eigenvalue weighted by Crippen LogP contribution is 2.27. The van der Waals surface area contributed by atoms with Crippen LogP contribution in [0.1, 0.15) is 35.7 Å². The van der Waals surface area contributed by atoms with E-state index >= 15 is 0 Å². The molecule has 1 aliphatic heterocycles. The highest BCUT2D eigenvalue weighted by Gasteiger charge is 2.34. The first-order chi connectivity index (χ1) is 18.5. The molecule has 0 aromatic carbocycles. The molecule has 3 amide bonds. The quantitative estimate of drug-likeness (QED) is 0.404. The number of hydrogen-bond acceptors (Lipinski definition) is 8. The Kier molecular flexibility index (Phi) is 7.90. The largest absolute Gasteiger partial charge is 0.451 e. The molecule has 15 heteroatoms. The summed E-state index contributed by atoms with van der Waals surface area (Å²) in [7, 11) is 3.04. The number of carbonyl (C=O) groups is 3. The topological polar surface area (TPSA) is 135 Å². The van der Waals surface area contributed by atoms with Crippen LogP contribution in [-0.4, -0.2) is 81.0 Å². The number of pyridine rings is 1. The summed E-state index contributed by atoms with van der Waals surface area (Å²) in [5.74, 6) is -2.09. The van der Waals surface area contributed by atoms with Crippen molar-refractivity contribution in [2.24, 2.45) is 0 Å². The molecular formula is C24H25F3N8O4. The predicted octanol–water partition coefficient (Wildman–Crippen LogP) is 2.41. The molecule has 1 N–H and O–H groups in total. The van der Waals surface area contributed by atoms with Gasteiger partial charge in [0.25, 0.3) is 5.91 Å². The molecule has 12 nitrogen and oxygen atoms in total. The van der Waals surface area contributed by atoms with Gasteiger partial charge in [0.2, 0.25) is 18.1 Å². The number of halogens is 3. The molecule has 1 fully saturated rings. The van der Waals surface area contributed by atoms with E-state index in [2.05, 4.69) is 25.3 Å². The SMILES string of the molecule is CC(C(=O)Nc1cccc(-c2cnc(C(F)(F)F)nc2)n1)n1cnc(N(C)C=O)c1C(=O)N(C)CC1CCO1. The summed E-state index contributed by atoms with van der Waals surface area (Å²) in [4.78, 5) is 55.6. The summed E-state index contributed by atoms with van der Waals surface area (Å²) in [6.45, 7) is 2.50. The van der Waals surface area contributed by atoms with E-state index in [-0.39, 0.29) is 34.7 Å². The number of likely N-dealkylation sites (N-methyl/N-ethyl adjacent to an activating group) is 1. The van der Waals surface area contributed by atoms with E-state index in [0.717, 1.165) is 23.7 Å². The molecule has 39 heavy (non-hydrogen) atoms. The lowest BCUT2D eigenvalue weighted by atomic mass is 10.1. The van der Waals surface area contributed by atoms with Crippen LogP contribution in [0.15, 0.2) is 36.9 Å². The zero-order chi connectivity index (χ0) is 28.3. The Balaban J connectivity index is 1.55. The average molecular weight is 547 g/mol. The third-order valence-corrected chi connectivity index (χ3v) is 6.08. The van der Waals surface area contributed by atoms with Gasteiger partial charge in [0.15, 0.2) is 11.5 Å². The first-order valence-corrected chi connectivity index (χ1v) is 11.8. The lowest BCUT2D eigenvalue weighted by molar-refractivity contribution is -0.145. The van der Waals surface area contributed by atoms with Crippen molar-refractivity contribution < 1.29 is 32.3 Å². The number of rotatable bonds is 9. The molecule has 1 saturated heterocycles. The lowest BCUT2D eigenvalue weighted by Gasteiger charge is -2.31. The fourth-order valence-corrected chi connectivity index (χ4v) is 3.79. The van der Waals surface area contributed by atoms with E-state index in [9.17, 15) is 27.6 Å². The summed E-state index contributed by atoms with van der Waals surface area (Å²) in [6, 6.07) is 3.62. The number of ether oxygens (including phenoxy) is 1. The van der Waals surface area contributed by atoms with Gasteiger partial charge in [-0.1, -0.05) is 6.07 Å². The standard InChI is InChI=1S/C24H25F3N8O4/c1-14(35-12-30-20(34(3)13-36)19(35)22(38)33(2)11-16-7-8-39-16)21(37)32-18-6-4-5-17(31-18)15-9-28-23(29-10-15)24(25,26)27/h4-6,9-10,12-14,16H,7-8,11H2,1-3H3,(H,31,32,37). The molecule has 3 aromatic heterocycles. The van der Waals surface area contributed by atoms with Crippen molar-refractivity contribution in [3.05, 3.63) is 48.4 Å². The summed E-state index contributed by atoms with van der Waals surface area (Å²) < 4.78 is 45.1. The van der Waals surface area contributed by atoms with Gasteiger partial charge in [0.1, 0.15) is 11.9 Å². The van der Waals surface area contributed by atoms with E-state index in [1.807, 2.05) is 0 Å². The van der Waals surface area contributed by atoms with Gasteiger partial charge in [-0.25, -0.2) is 19.9 Å². The molecule has 0 spiro atoms.